The van der Waals surface area contributed by atoms with Gasteiger partial charge in [0.05, 0.1) is 13.7 Å². The third-order valence-corrected chi connectivity index (χ3v) is 1.82. The summed E-state index contributed by atoms with van der Waals surface area (Å²) in [6, 6.07) is 2.03. The first-order valence-corrected chi connectivity index (χ1v) is 3.92. The highest BCUT2D eigenvalue weighted by molar-refractivity contribution is 5.37. The summed E-state index contributed by atoms with van der Waals surface area (Å²) >= 11 is 0. The van der Waals surface area contributed by atoms with Crippen LogP contribution in [0.3, 0.4) is 0 Å². The van der Waals surface area contributed by atoms with Crippen molar-refractivity contribution in [2.75, 3.05) is 13.7 Å². The van der Waals surface area contributed by atoms with Gasteiger partial charge in [0.15, 0.2) is 11.6 Å². The van der Waals surface area contributed by atoms with Crippen LogP contribution in [0.4, 0.5) is 8.78 Å². The van der Waals surface area contributed by atoms with Gasteiger partial charge in [-0.1, -0.05) is 0 Å². The summed E-state index contributed by atoms with van der Waals surface area (Å²) in [7, 11) is 1.16. The van der Waals surface area contributed by atoms with E-state index in [2.05, 4.69) is 4.74 Å². The van der Waals surface area contributed by atoms with Gasteiger partial charge in [-0.3, -0.25) is 0 Å². The summed E-state index contributed by atoms with van der Waals surface area (Å²) in [5, 5.41) is 17.9. The van der Waals surface area contributed by atoms with Gasteiger partial charge in [0.25, 0.3) is 0 Å². The fourth-order valence-electron chi connectivity index (χ4n) is 1.12. The molecule has 2 N–H and O–H groups in total. The van der Waals surface area contributed by atoms with Crippen LogP contribution in [0, 0.1) is 11.6 Å². The Kier molecular flexibility index (Phi) is 3.38. The molecule has 0 aromatic heterocycles. The van der Waals surface area contributed by atoms with E-state index in [4.69, 9.17) is 5.11 Å². The van der Waals surface area contributed by atoms with Crippen LogP contribution in [0.25, 0.3) is 0 Å². The number of aliphatic hydroxyl groups excluding tert-OH is 2. The Morgan fingerprint density at radius 3 is 2.57 bits per heavy atom. The molecule has 78 valence electrons. The third kappa shape index (κ3) is 1.83. The van der Waals surface area contributed by atoms with Crippen molar-refractivity contribution in [3.05, 3.63) is 29.3 Å². The molecule has 0 saturated carbocycles. The minimum atomic E-state index is -1.28. The van der Waals surface area contributed by atoms with Crippen LogP contribution in [0.1, 0.15) is 11.7 Å². The van der Waals surface area contributed by atoms with Gasteiger partial charge < -0.3 is 14.9 Å². The summed E-state index contributed by atoms with van der Waals surface area (Å²) < 4.78 is 30.4. The van der Waals surface area contributed by atoms with Gasteiger partial charge in [-0.15, -0.1) is 0 Å². The van der Waals surface area contributed by atoms with Crippen LogP contribution in [0.5, 0.6) is 5.75 Å². The highest BCUT2D eigenvalue weighted by Crippen LogP contribution is 2.29. The van der Waals surface area contributed by atoms with Crippen molar-refractivity contribution >= 4 is 0 Å². The number of benzene rings is 1. The van der Waals surface area contributed by atoms with Crippen molar-refractivity contribution < 1.29 is 23.7 Å². The molecule has 0 aliphatic carbocycles. The number of aliphatic hydroxyl groups is 2. The van der Waals surface area contributed by atoms with Crippen LogP contribution >= 0.6 is 0 Å². The average molecular weight is 204 g/mol. The Morgan fingerprint density at radius 2 is 2.07 bits per heavy atom. The SMILES string of the molecule is COc1c(C(O)CO)ccc(F)c1F. The predicted octanol–water partition coefficient (Wildman–Crippen LogP) is 0.999. The van der Waals surface area contributed by atoms with E-state index in [0.717, 1.165) is 19.2 Å². The molecule has 1 unspecified atom stereocenters. The van der Waals surface area contributed by atoms with Crippen molar-refractivity contribution in [3.63, 3.8) is 0 Å². The molecule has 0 amide bonds. The molecule has 0 aliphatic heterocycles. The first-order valence-electron chi connectivity index (χ1n) is 3.92. The van der Waals surface area contributed by atoms with Crippen molar-refractivity contribution in [2.24, 2.45) is 0 Å². The average Bonchev–Trinajstić information content (AvgIpc) is 2.20. The zero-order valence-corrected chi connectivity index (χ0v) is 7.50. The first-order chi connectivity index (χ1) is 6.61. The van der Waals surface area contributed by atoms with E-state index in [-0.39, 0.29) is 11.3 Å². The molecule has 0 aliphatic rings. The Bertz CT molecular complexity index is 328. The summed E-state index contributed by atoms with van der Waals surface area (Å²) in [6.07, 6.45) is -1.28. The van der Waals surface area contributed by atoms with Crippen molar-refractivity contribution in [1.82, 2.24) is 0 Å². The summed E-state index contributed by atoms with van der Waals surface area (Å²) in [5.74, 6) is -2.61. The highest BCUT2D eigenvalue weighted by Gasteiger charge is 2.18. The minimum absolute atomic E-state index is 0.0221. The Labute approximate surface area is 79.6 Å². The number of ether oxygens (including phenoxy) is 1. The van der Waals surface area contributed by atoms with Crippen LogP contribution in [0.2, 0.25) is 0 Å². The van der Waals surface area contributed by atoms with Gasteiger partial charge in [0, 0.05) is 5.56 Å². The molecular formula is C9H10F2O3. The van der Waals surface area contributed by atoms with E-state index < -0.39 is 24.3 Å². The van der Waals surface area contributed by atoms with E-state index in [1.54, 1.807) is 0 Å². The highest BCUT2D eigenvalue weighted by atomic mass is 19.2. The quantitative estimate of drug-likeness (QED) is 0.772. The molecule has 0 saturated heterocycles. The van der Waals surface area contributed by atoms with Gasteiger partial charge in [-0.2, -0.15) is 4.39 Å². The standard InChI is InChI=1S/C9H10F2O3/c1-14-9-5(7(13)4-12)2-3-6(10)8(9)11/h2-3,7,12-13H,4H2,1H3. The van der Waals surface area contributed by atoms with Crippen LogP contribution in [-0.4, -0.2) is 23.9 Å². The summed E-state index contributed by atoms with van der Waals surface area (Å²) in [4.78, 5) is 0. The fourth-order valence-corrected chi connectivity index (χ4v) is 1.12. The van der Waals surface area contributed by atoms with E-state index in [9.17, 15) is 13.9 Å². The molecular weight excluding hydrogens is 194 g/mol. The van der Waals surface area contributed by atoms with Crippen molar-refractivity contribution in [3.8, 4) is 5.75 Å². The van der Waals surface area contributed by atoms with Crippen LogP contribution in [-0.2, 0) is 0 Å². The molecule has 0 radical (unpaired) electrons. The number of hydrogen-bond donors (Lipinski definition) is 2. The minimum Gasteiger partial charge on any atom is -0.493 e. The number of hydrogen-bond acceptors (Lipinski definition) is 3. The van der Waals surface area contributed by atoms with Gasteiger partial charge in [0.2, 0.25) is 5.82 Å². The Morgan fingerprint density at radius 1 is 1.43 bits per heavy atom. The normalized spacial score (nSPS) is 12.6. The first kappa shape index (κ1) is 10.9. The molecule has 0 fully saturated rings. The van der Waals surface area contributed by atoms with Crippen LogP contribution in [0.15, 0.2) is 12.1 Å². The van der Waals surface area contributed by atoms with Gasteiger partial charge in [-0.05, 0) is 12.1 Å². The molecule has 3 nitrogen and oxygen atoms in total. The van der Waals surface area contributed by atoms with Gasteiger partial charge in [0.1, 0.15) is 6.10 Å². The molecule has 0 heterocycles. The lowest BCUT2D eigenvalue weighted by Crippen LogP contribution is -2.07. The molecule has 1 atom stereocenters. The van der Waals surface area contributed by atoms with Crippen LogP contribution < -0.4 is 4.74 Å². The lowest BCUT2D eigenvalue weighted by molar-refractivity contribution is 0.0926. The Hall–Kier alpha value is -1.20. The van der Waals surface area contributed by atoms with E-state index in [1.807, 2.05) is 0 Å². The van der Waals surface area contributed by atoms with E-state index in [0.29, 0.717) is 0 Å². The number of halogens is 2. The van der Waals surface area contributed by atoms with Crippen molar-refractivity contribution in [1.29, 1.82) is 0 Å². The second-order valence-electron chi connectivity index (χ2n) is 2.68. The second kappa shape index (κ2) is 4.34. The lowest BCUT2D eigenvalue weighted by atomic mass is 10.1. The smallest absolute Gasteiger partial charge is 0.200 e. The molecule has 1 aromatic carbocycles. The number of rotatable bonds is 3. The fraction of sp³-hybridized carbons (Fsp3) is 0.333. The maximum absolute atomic E-state index is 13.1. The molecule has 1 aromatic rings. The Balaban J connectivity index is 3.23. The summed E-state index contributed by atoms with van der Waals surface area (Å²) in [6.45, 7) is -0.582. The number of methoxy groups -OCH3 is 1. The molecule has 1 rings (SSSR count). The molecule has 14 heavy (non-hydrogen) atoms. The molecule has 5 heteroatoms. The zero-order chi connectivity index (χ0) is 10.7. The monoisotopic (exact) mass is 204 g/mol. The topological polar surface area (TPSA) is 49.7 Å². The maximum atomic E-state index is 13.1. The lowest BCUT2D eigenvalue weighted by Gasteiger charge is -2.13. The van der Waals surface area contributed by atoms with E-state index >= 15 is 0 Å². The molecule has 0 spiro atoms. The zero-order valence-electron chi connectivity index (χ0n) is 7.50. The second-order valence-corrected chi connectivity index (χ2v) is 2.68. The molecule has 0 bridgehead atoms. The van der Waals surface area contributed by atoms with Gasteiger partial charge in [-0.25, -0.2) is 4.39 Å². The summed E-state index contributed by atoms with van der Waals surface area (Å²) in [5.41, 5.74) is 0.0221. The maximum Gasteiger partial charge on any atom is 0.200 e. The van der Waals surface area contributed by atoms with Gasteiger partial charge >= 0.3 is 0 Å². The predicted molar refractivity (Wildman–Crippen MR) is 45.0 cm³/mol. The third-order valence-electron chi connectivity index (χ3n) is 1.82. The van der Waals surface area contributed by atoms with Crippen molar-refractivity contribution in [2.45, 2.75) is 6.10 Å². The van der Waals surface area contributed by atoms with E-state index in [1.165, 1.54) is 0 Å². The largest absolute Gasteiger partial charge is 0.493 e.